The molecule has 0 saturated heterocycles. The standard InChI is InChI=1S/C12H24O2/c1-9-10(5-6-11(9)13)7-8-12(2,3)14-4/h9-11,13H,5-8H2,1-4H3. The molecule has 3 unspecified atom stereocenters. The quantitative estimate of drug-likeness (QED) is 0.756. The van der Waals surface area contributed by atoms with E-state index in [1.807, 2.05) is 0 Å². The molecule has 84 valence electrons. The van der Waals surface area contributed by atoms with Crippen molar-refractivity contribution in [2.75, 3.05) is 7.11 Å². The number of rotatable bonds is 4. The van der Waals surface area contributed by atoms with E-state index in [2.05, 4.69) is 20.8 Å². The van der Waals surface area contributed by atoms with Gasteiger partial charge in [-0.25, -0.2) is 0 Å². The van der Waals surface area contributed by atoms with Crippen LogP contribution >= 0.6 is 0 Å². The van der Waals surface area contributed by atoms with Gasteiger partial charge in [0.1, 0.15) is 0 Å². The van der Waals surface area contributed by atoms with Gasteiger partial charge in [0, 0.05) is 7.11 Å². The average Bonchev–Trinajstić information content (AvgIpc) is 2.45. The van der Waals surface area contributed by atoms with Gasteiger partial charge in [0.05, 0.1) is 11.7 Å². The van der Waals surface area contributed by atoms with Crippen LogP contribution in [0.15, 0.2) is 0 Å². The Bertz CT molecular complexity index is 177. The lowest BCUT2D eigenvalue weighted by Crippen LogP contribution is -2.24. The third kappa shape index (κ3) is 2.96. The molecule has 0 aliphatic heterocycles. The summed E-state index contributed by atoms with van der Waals surface area (Å²) in [6.07, 6.45) is 4.37. The first kappa shape index (κ1) is 12.0. The summed E-state index contributed by atoms with van der Waals surface area (Å²) in [5, 5.41) is 9.62. The van der Waals surface area contributed by atoms with Crippen LogP contribution < -0.4 is 0 Å². The molecule has 1 aliphatic carbocycles. The number of hydrogen-bond acceptors (Lipinski definition) is 2. The van der Waals surface area contributed by atoms with Crippen molar-refractivity contribution >= 4 is 0 Å². The minimum absolute atomic E-state index is 0.00668. The highest BCUT2D eigenvalue weighted by Crippen LogP contribution is 2.36. The highest BCUT2D eigenvalue weighted by Gasteiger charge is 2.32. The highest BCUT2D eigenvalue weighted by atomic mass is 16.5. The van der Waals surface area contributed by atoms with Crippen LogP contribution in [0.4, 0.5) is 0 Å². The summed E-state index contributed by atoms with van der Waals surface area (Å²) in [7, 11) is 1.77. The SMILES string of the molecule is COC(C)(C)CCC1CCC(O)C1C. The maximum Gasteiger partial charge on any atom is 0.0622 e. The second-order valence-corrected chi connectivity index (χ2v) is 5.27. The molecule has 0 aromatic carbocycles. The Balaban J connectivity index is 2.32. The maximum atomic E-state index is 9.62. The van der Waals surface area contributed by atoms with Gasteiger partial charge >= 0.3 is 0 Å². The monoisotopic (exact) mass is 200 g/mol. The lowest BCUT2D eigenvalue weighted by molar-refractivity contribution is 0.00786. The van der Waals surface area contributed by atoms with Gasteiger partial charge in [-0.3, -0.25) is 0 Å². The zero-order chi connectivity index (χ0) is 10.8. The topological polar surface area (TPSA) is 29.5 Å². The fourth-order valence-corrected chi connectivity index (χ4v) is 2.27. The Hall–Kier alpha value is -0.0800. The van der Waals surface area contributed by atoms with E-state index >= 15 is 0 Å². The average molecular weight is 200 g/mol. The summed E-state index contributed by atoms with van der Waals surface area (Å²) in [6.45, 7) is 6.42. The van der Waals surface area contributed by atoms with E-state index in [-0.39, 0.29) is 11.7 Å². The minimum Gasteiger partial charge on any atom is -0.393 e. The molecule has 1 saturated carbocycles. The van der Waals surface area contributed by atoms with Gasteiger partial charge in [0.2, 0.25) is 0 Å². The summed E-state index contributed by atoms with van der Waals surface area (Å²) in [6, 6.07) is 0. The lowest BCUT2D eigenvalue weighted by atomic mass is 9.88. The molecule has 2 heteroatoms. The van der Waals surface area contributed by atoms with Gasteiger partial charge in [-0.2, -0.15) is 0 Å². The Morgan fingerprint density at radius 2 is 2.00 bits per heavy atom. The Morgan fingerprint density at radius 3 is 2.43 bits per heavy atom. The minimum atomic E-state index is -0.0642. The van der Waals surface area contributed by atoms with Gasteiger partial charge in [-0.05, 0) is 51.4 Å². The summed E-state index contributed by atoms with van der Waals surface area (Å²) in [5.74, 6) is 1.17. The molecular weight excluding hydrogens is 176 g/mol. The number of hydrogen-bond donors (Lipinski definition) is 1. The Labute approximate surface area is 87.7 Å². The van der Waals surface area contributed by atoms with Crippen molar-refractivity contribution in [2.24, 2.45) is 11.8 Å². The van der Waals surface area contributed by atoms with Crippen molar-refractivity contribution < 1.29 is 9.84 Å². The summed E-state index contributed by atoms with van der Waals surface area (Å²) < 4.78 is 5.40. The fourth-order valence-electron chi connectivity index (χ4n) is 2.27. The van der Waals surface area contributed by atoms with Crippen molar-refractivity contribution in [3.63, 3.8) is 0 Å². The van der Waals surface area contributed by atoms with Crippen LogP contribution in [-0.2, 0) is 4.74 Å². The highest BCUT2D eigenvalue weighted by molar-refractivity contribution is 4.83. The normalized spacial score (nSPS) is 33.6. The molecule has 0 aromatic rings. The second kappa shape index (κ2) is 4.63. The van der Waals surface area contributed by atoms with E-state index in [4.69, 9.17) is 4.74 Å². The number of aliphatic hydroxyl groups excluding tert-OH is 1. The van der Waals surface area contributed by atoms with E-state index < -0.39 is 0 Å². The summed E-state index contributed by atoms with van der Waals surface area (Å²) >= 11 is 0. The summed E-state index contributed by atoms with van der Waals surface area (Å²) in [5.41, 5.74) is -0.00668. The first-order valence-corrected chi connectivity index (χ1v) is 5.69. The molecule has 0 amide bonds. The molecule has 0 heterocycles. The number of aliphatic hydroxyl groups is 1. The predicted molar refractivity (Wildman–Crippen MR) is 58.2 cm³/mol. The van der Waals surface area contributed by atoms with Crippen LogP contribution in [0.25, 0.3) is 0 Å². The second-order valence-electron chi connectivity index (χ2n) is 5.27. The van der Waals surface area contributed by atoms with E-state index in [0.29, 0.717) is 11.8 Å². The number of ether oxygens (including phenoxy) is 1. The Morgan fingerprint density at radius 1 is 1.36 bits per heavy atom. The largest absolute Gasteiger partial charge is 0.393 e. The first-order chi connectivity index (χ1) is 6.46. The predicted octanol–water partition coefficient (Wildman–Crippen LogP) is 2.60. The molecule has 1 rings (SSSR count). The lowest BCUT2D eigenvalue weighted by Gasteiger charge is -2.26. The first-order valence-electron chi connectivity index (χ1n) is 5.69. The zero-order valence-electron chi connectivity index (χ0n) is 9.92. The van der Waals surface area contributed by atoms with E-state index in [9.17, 15) is 5.11 Å². The van der Waals surface area contributed by atoms with Gasteiger partial charge < -0.3 is 9.84 Å². The van der Waals surface area contributed by atoms with Crippen molar-refractivity contribution in [3.8, 4) is 0 Å². The molecule has 0 spiro atoms. The van der Waals surface area contributed by atoms with Crippen molar-refractivity contribution in [1.82, 2.24) is 0 Å². The van der Waals surface area contributed by atoms with Crippen molar-refractivity contribution in [2.45, 2.75) is 58.2 Å². The third-order valence-electron chi connectivity index (χ3n) is 3.85. The molecule has 2 nitrogen and oxygen atoms in total. The molecular formula is C12H24O2. The zero-order valence-corrected chi connectivity index (χ0v) is 9.92. The maximum absolute atomic E-state index is 9.62. The van der Waals surface area contributed by atoms with Crippen molar-refractivity contribution in [1.29, 1.82) is 0 Å². The van der Waals surface area contributed by atoms with Crippen LogP contribution in [0, 0.1) is 11.8 Å². The fraction of sp³-hybridized carbons (Fsp3) is 1.00. The molecule has 0 radical (unpaired) electrons. The molecule has 1 fully saturated rings. The van der Waals surface area contributed by atoms with Crippen LogP contribution in [0.5, 0.6) is 0 Å². The van der Waals surface area contributed by atoms with Crippen molar-refractivity contribution in [3.05, 3.63) is 0 Å². The van der Waals surface area contributed by atoms with Crippen LogP contribution in [0.2, 0.25) is 0 Å². The van der Waals surface area contributed by atoms with Gasteiger partial charge in [0.15, 0.2) is 0 Å². The van der Waals surface area contributed by atoms with Crippen LogP contribution in [-0.4, -0.2) is 23.9 Å². The van der Waals surface area contributed by atoms with E-state index in [0.717, 1.165) is 12.8 Å². The molecule has 1 N–H and O–H groups in total. The van der Waals surface area contributed by atoms with E-state index in [1.165, 1.54) is 12.8 Å². The van der Waals surface area contributed by atoms with E-state index in [1.54, 1.807) is 7.11 Å². The van der Waals surface area contributed by atoms with Gasteiger partial charge in [0.25, 0.3) is 0 Å². The molecule has 0 bridgehead atoms. The van der Waals surface area contributed by atoms with Crippen LogP contribution in [0.3, 0.4) is 0 Å². The molecule has 1 aliphatic rings. The smallest absolute Gasteiger partial charge is 0.0622 e. The van der Waals surface area contributed by atoms with Gasteiger partial charge in [-0.1, -0.05) is 6.92 Å². The molecule has 0 aromatic heterocycles. The third-order valence-corrected chi connectivity index (χ3v) is 3.85. The number of methoxy groups -OCH3 is 1. The van der Waals surface area contributed by atoms with Crippen LogP contribution in [0.1, 0.15) is 46.5 Å². The Kier molecular flexibility index (Phi) is 3.96. The molecule has 14 heavy (non-hydrogen) atoms. The van der Waals surface area contributed by atoms with Gasteiger partial charge in [-0.15, -0.1) is 0 Å². The summed E-state index contributed by atoms with van der Waals surface area (Å²) in [4.78, 5) is 0. The molecule has 3 atom stereocenters.